The molecule has 18 nitrogen and oxygen atoms in total. The van der Waals surface area contributed by atoms with E-state index in [0.717, 1.165) is 22.2 Å². The van der Waals surface area contributed by atoms with Gasteiger partial charge in [0.1, 0.15) is 17.9 Å². The summed E-state index contributed by atoms with van der Waals surface area (Å²) in [7, 11) is 1.97. The molecule has 6 atom stereocenters. The van der Waals surface area contributed by atoms with Gasteiger partial charge in [0.2, 0.25) is 23.3 Å². The zero-order valence-corrected chi connectivity index (χ0v) is 46.5. The molecule has 0 unspecified atom stereocenters. The van der Waals surface area contributed by atoms with Crippen LogP contribution in [0.25, 0.3) is 21.6 Å². The first-order chi connectivity index (χ1) is 38.1. The molecule has 8 rings (SSSR count). The van der Waals surface area contributed by atoms with E-state index in [1.807, 2.05) is 44.9 Å². The van der Waals surface area contributed by atoms with Crippen molar-refractivity contribution >= 4 is 58.2 Å². The number of aromatic nitrogens is 2. The minimum absolute atomic E-state index is 0.00174. The zero-order valence-electron chi connectivity index (χ0n) is 45.7. The highest BCUT2D eigenvalue weighted by Gasteiger charge is 2.53. The highest BCUT2D eigenvalue weighted by molar-refractivity contribution is 7.13. The predicted octanol–water partition coefficient (Wildman–Crippen LogP) is 6.50. The fraction of sp³-hybridized carbons (Fsp3) is 0.439. The van der Waals surface area contributed by atoms with Crippen molar-refractivity contribution in [2.45, 2.75) is 115 Å². The Morgan fingerprint density at radius 3 is 2.16 bits per heavy atom. The molecule has 0 spiro atoms. The number of anilines is 2. The molecular weight excluding hydrogens is 1080 g/mol. The normalized spacial score (nSPS) is 19.8. The molecule has 2 aromatic heterocycles. The van der Waals surface area contributed by atoms with Crippen LogP contribution >= 0.6 is 11.3 Å². The number of thiazole rings is 1. The maximum Gasteiger partial charge on any atom is 0.417 e. The highest BCUT2D eigenvalue weighted by Crippen LogP contribution is 2.41. The summed E-state index contributed by atoms with van der Waals surface area (Å²) in [6, 6.07) is 12.4. The number of carbonyl (C=O) groups is 6. The number of aliphatic hydroxyl groups excluding tert-OH is 1. The lowest BCUT2D eigenvalue weighted by Gasteiger charge is -2.44. The summed E-state index contributed by atoms with van der Waals surface area (Å²) in [5, 5.41) is 24.2. The molecular formula is C57H65F5N10O8S. The van der Waals surface area contributed by atoms with E-state index in [9.17, 15) is 56.2 Å². The summed E-state index contributed by atoms with van der Waals surface area (Å²) < 4.78 is 73.0. The Labute approximate surface area is 468 Å². The van der Waals surface area contributed by atoms with Crippen molar-refractivity contribution in [1.29, 1.82) is 0 Å². The molecule has 7 N–H and O–H groups in total. The van der Waals surface area contributed by atoms with Crippen LogP contribution in [0.2, 0.25) is 0 Å². The van der Waals surface area contributed by atoms with Gasteiger partial charge in [-0.05, 0) is 87.0 Å². The van der Waals surface area contributed by atoms with Crippen molar-refractivity contribution in [3.8, 4) is 21.6 Å². The highest BCUT2D eigenvalue weighted by atomic mass is 32.1. The number of hydrogen-bond donors (Lipinski definition) is 7. The van der Waals surface area contributed by atoms with E-state index >= 15 is 4.39 Å². The van der Waals surface area contributed by atoms with E-state index < -0.39 is 99.4 Å². The Hall–Kier alpha value is -7.57. The molecule has 2 aliphatic heterocycles. The summed E-state index contributed by atoms with van der Waals surface area (Å²) in [6.45, 7) is 11.5. The molecule has 0 radical (unpaired) electrons. The number of amides is 6. The first-order valence-electron chi connectivity index (χ1n) is 26.5. The predicted molar refractivity (Wildman–Crippen MR) is 294 cm³/mol. The molecule has 2 saturated heterocycles. The Bertz CT molecular complexity index is 3260. The van der Waals surface area contributed by atoms with Crippen LogP contribution < -0.4 is 37.0 Å². The van der Waals surface area contributed by atoms with E-state index in [0.29, 0.717) is 36.6 Å². The number of hydrogen-bond acceptors (Lipinski definition) is 12. The Morgan fingerprint density at radius 1 is 0.877 bits per heavy atom. The van der Waals surface area contributed by atoms with Crippen LogP contribution in [0.5, 0.6) is 0 Å². The molecule has 1 saturated carbocycles. The van der Waals surface area contributed by atoms with Crippen LogP contribution in [0.15, 0.2) is 83.2 Å². The molecule has 3 aromatic carbocycles. The lowest BCUT2D eigenvalue weighted by Crippen LogP contribution is -2.59. The van der Waals surface area contributed by atoms with Gasteiger partial charge in [-0.1, -0.05) is 57.2 Å². The van der Waals surface area contributed by atoms with Gasteiger partial charge >= 0.3 is 6.18 Å². The van der Waals surface area contributed by atoms with Crippen molar-refractivity contribution in [3.05, 3.63) is 123 Å². The van der Waals surface area contributed by atoms with Gasteiger partial charge in [0.15, 0.2) is 5.67 Å². The average Bonchev–Trinajstić information content (AvgIpc) is 4.11. The number of likely N-dealkylation sites (N-methyl/N-ethyl adjacent to an activating group) is 1. The van der Waals surface area contributed by atoms with Crippen molar-refractivity contribution in [1.82, 2.24) is 41.0 Å². The molecule has 432 valence electrons. The Kier molecular flexibility index (Phi) is 17.5. The van der Waals surface area contributed by atoms with E-state index in [4.69, 9.17) is 0 Å². The van der Waals surface area contributed by atoms with Gasteiger partial charge in [0.25, 0.3) is 17.7 Å². The molecule has 24 heteroatoms. The number of piperazine rings is 1. The van der Waals surface area contributed by atoms with Crippen LogP contribution in [0.1, 0.15) is 104 Å². The number of aromatic amines is 1. The Balaban J connectivity index is 0.938. The third-order valence-corrected chi connectivity index (χ3v) is 16.0. The SMILES string of the molecule is Cc1ncsc1-c1ccc([C@H](CC(=O)NCCNC(=O)c2ccc(-c3ccc(N4C[C@@H](C)N(C)[C@@H](C)C4)c(NC(=O)c4c[nH]c(=O)cc4C(F)(F)F)c3)c(F)c2)NC(=O)[C@@H]2C[C@@H](O)CN2C(=O)[C@@H](NC(=O)C2(F)CC2)C(C)(C)C)cc1. The first kappa shape index (κ1) is 59.5. The molecule has 3 aliphatic rings. The van der Waals surface area contributed by atoms with Gasteiger partial charge in [-0.2, -0.15) is 13.2 Å². The van der Waals surface area contributed by atoms with E-state index in [1.165, 1.54) is 34.4 Å². The topological polar surface area (TPSA) is 238 Å². The molecule has 6 amide bonds. The van der Waals surface area contributed by atoms with Crippen LogP contribution in [0.3, 0.4) is 0 Å². The average molecular weight is 1150 g/mol. The van der Waals surface area contributed by atoms with E-state index in [-0.39, 0.29) is 79.8 Å². The second kappa shape index (κ2) is 23.9. The number of H-pyrrole nitrogens is 1. The lowest BCUT2D eigenvalue weighted by molar-refractivity contribution is -0.145. The maximum atomic E-state index is 16.1. The van der Waals surface area contributed by atoms with Gasteiger partial charge in [-0.25, -0.2) is 13.8 Å². The summed E-state index contributed by atoms with van der Waals surface area (Å²) >= 11 is 1.44. The quantitative estimate of drug-likeness (QED) is 0.0392. The third-order valence-electron chi connectivity index (χ3n) is 15.1. The number of benzene rings is 3. The van der Waals surface area contributed by atoms with Crippen molar-refractivity contribution in [3.63, 3.8) is 0 Å². The lowest BCUT2D eigenvalue weighted by atomic mass is 9.85. The minimum atomic E-state index is -5.03. The number of pyridine rings is 1. The number of aliphatic hydroxyl groups is 1. The summed E-state index contributed by atoms with van der Waals surface area (Å²) in [4.78, 5) is 106. The monoisotopic (exact) mass is 1140 g/mol. The fourth-order valence-electron chi connectivity index (χ4n) is 10.1. The van der Waals surface area contributed by atoms with Gasteiger partial charge in [0, 0.05) is 74.6 Å². The number of nitrogens with one attached hydrogen (secondary N) is 6. The van der Waals surface area contributed by atoms with Gasteiger partial charge in [-0.15, -0.1) is 11.3 Å². The van der Waals surface area contributed by atoms with Crippen LogP contribution in [-0.4, -0.2) is 136 Å². The number of likely N-dealkylation sites (tertiary alicyclic amines) is 1. The molecule has 81 heavy (non-hydrogen) atoms. The van der Waals surface area contributed by atoms with Crippen LogP contribution in [0.4, 0.5) is 33.3 Å². The van der Waals surface area contributed by atoms with E-state index in [2.05, 4.69) is 41.5 Å². The standard InChI is InChI=1S/C57H65F5N10O8S/c1-30-26-71(27-31(2)70(30)7)44-15-13-35(21-43(44)68-51(77)39-25-65-46(74)23-40(39)57(60,61)62)38-14-12-36(20-41(38)58)50(76)64-19-18-63-47(75)24-42(33-8-10-34(11-9-33)48-32(3)66-29-81-48)67-52(78)45-22-37(73)28-72(45)53(79)49(55(4,5)6)69-54(80)56(59)16-17-56/h8-15,20-21,23,25,29-31,37,42,45,49,73H,16-19,22,24,26-28H2,1-7H3,(H,63,75)(H,64,76)(H,65,74)(H,67,78)(H,68,77)(H,69,80)/t30-,31+,37-,42+,45+,49-/m1/s1. The third kappa shape index (κ3) is 13.8. The summed E-state index contributed by atoms with van der Waals surface area (Å²) in [5.41, 5.74) is -1.71. The molecule has 1 aliphatic carbocycles. The van der Waals surface area contributed by atoms with Crippen molar-refractivity contribution < 1.29 is 55.8 Å². The van der Waals surface area contributed by atoms with Crippen LogP contribution in [0, 0.1) is 18.2 Å². The van der Waals surface area contributed by atoms with Gasteiger partial charge in [-0.3, -0.25) is 38.5 Å². The molecule has 0 bridgehead atoms. The number of carbonyl (C=O) groups excluding carboxylic acids is 6. The largest absolute Gasteiger partial charge is 0.417 e. The number of rotatable bonds is 17. The molecule has 5 aromatic rings. The first-order valence-corrected chi connectivity index (χ1v) is 27.4. The number of β-amino-alcohol motifs (C(OH)–C–C–N with tert-alkyl or cyclic N) is 1. The van der Waals surface area contributed by atoms with Crippen molar-refractivity contribution in [2.75, 3.05) is 50.0 Å². The number of halogens is 5. The van der Waals surface area contributed by atoms with Gasteiger partial charge < -0.3 is 46.5 Å². The van der Waals surface area contributed by atoms with Crippen molar-refractivity contribution in [2.24, 2.45) is 5.41 Å². The molecule has 4 heterocycles. The Morgan fingerprint density at radius 2 is 1.54 bits per heavy atom. The van der Waals surface area contributed by atoms with Gasteiger partial charge in [0.05, 0.1) is 57.1 Å². The second-order valence-electron chi connectivity index (χ2n) is 22.2. The van der Waals surface area contributed by atoms with E-state index in [1.54, 1.807) is 50.5 Å². The second-order valence-corrected chi connectivity index (χ2v) is 23.0. The maximum absolute atomic E-state index is 16.1. The number of alkyl halides is 4. The number of nitrogens with zero attached hydrogens (tertiary/aromatic N) is 4. The fourth-order valence-corrected chi connectivity index (χ4v) is 10.9. The summed E-state index contributed by atoms with van der Waals surface area (Å²) in [5.74, 6) is -5.51. The smallest absolute Gasteiger partial charge is 0.391 e. The summed E-state index contributed by atoms with van der Waals surface area (Å²) in [6.07, 6.45) is -5.84. The minimum Gasteiger partial charge on any atom is -0.391 e. The number of aryl methyl sites for hydroxylation is 1. The molecule has 3 fully saturated rings. The van der Waals surface area contributed by atoms with Crippen LogP contribution in [-0.2, 0) is 25.4 Å². The zero-order chi connectivity index (χ0) is 58.9.